The Kier molecular flexibility index (Phi) is 6.04. The molecule has 0 amide bonds. The first-order valence-corrected chi connectivity index (χ1v) is 11.6. The van der Waals surface area contributed by atoms with Gasteiger partial charge in [0.15, 0.2) is 0 Å². The summed E-state index contributed by atoms with van der Waals surface area (Å²) in [4.78, 5) is 0. The zero-order chi connectivity index (χ0) is 20.6. The number of fused-ring (bicyclic) bond motifs is 3. The number of alkyl halides is 3. The van der Waals surface area contributed by atoms with Gasteiger partial charge >= 0.3 is 15.6 Å². The van der Waals surface area contributed by atoms with Crippen molar-refractivity contribution in [1.82, 2.24) is 0 Å². The highest BCUT2D eigenvalue weighted by molar-refractivity contribution is 7.87. The van der Waals surface area contributed by atoms with Crippen LogP contribution in [-0.4, -0.2) is 13.9 Å². The molecule has 0 saturated heterocycles. The first-order chi connectivity index (χ1) is 13.1. The summed E-state index contributed by atoms with van der Waals surface area (Å²) in [6.07, 6.45) is 15.5. The molecule has 0 aromatic heterocycles. The third-order valence-corrected chi connectivity index (χ3v) is 7.91. The van der Waals surface area contributed by atoms with Crippen LogP contribution >= 0.6 is 0 Å². The lowest BCUT2D eigenvalue weighted by Crippen LogP contribution is -2.42. The maximum absolute atomic E-state index is 12.8. The van der Waals surface area contributed by atoms with E-state index in [0.29, 0.717) is 24.7 Å². The van der Waals surface area contributed by atoms with E-state index < -0.39 is 15.6 Å². The number of hydrogen-bond donors (Lipinski definition) is 0. The molecule has 1 saturated carbocycles. The van der Waals surface area contributed by atoms with Gasteiger partial charge < -0.3 is 4.18 Å². The number of rotatable bonds is 3. The molecular formula is C21H29F3O3S. The first-order valence-electron chi connectivity index (χ1n) is 10.1. The van der Waals surface area contributed by atoms with Gasteiger partial charge in [-0.15, -0.1) is 0 Å². The van der Waals surface area contributed by atoms with Gasteiger partial charge in [0.25, 0.3) is 0 Å². The van der Waals surface area contributed by atoms with Gasteiger partial charge in [0.2, 0.25) is 0 Å². The normalized spacial score (nSPS) is 34.1. The fourth-order valence-electron chi connectivity index (χ4n) is 5.35. The Morgan fingerprint density at radius 1 is 1.21 bits per heavy atom. The number of hydrogen-bond acceptors (Lipinski definition) is 3. The van der Waals surface area contributed by atoms with Gasteiger partial charge in [-0.3, -0.25) is 0 Å². The molecular weight excluding hydrogens is 389 g/mol. The maximum Gasteiger partial charge on any atom is 0.534 e. The van der Waals surface area contributed by atoms with Crippen LogP contribution in [0.25, 0.3) is 0 Å². The molecule has 0 bridgehead atoms. The van der Waals surface area contributed by atoms with Crippen LogP contribution < -0.4 is 0 Å². The van der Waals surface area contributed by atoms with Gasteiger partial charge in [0.1, 0.15) is 5.76 Å². The number of halogens is 3. The second-order valence-corrected chi connectivity index (χ2v) is 10.0. The van der Waals surface area contributed by atoms with Crippen molar-refractivity contribution in [2.75, 3.05) is 0 Å². The Hall–Kier alpha value is -1.24. The standard InChI is InChI=1S/C21H29F3O3S/c1-3-15-7-5-4-6-8-16-10-12-18-19(27-28(25,26)21(22,23)24)13-14-20(18,2)17(16)11-9-15/h5,7,9,13,16-18H,3-4,6,8,10-12,14H2,1-2H3. The van der Waals surface area contributed by atoms with E-state index in [4.69, 9.17) is 0 Å². The fraction of sp³-hybridized carbons (Fsp3) is 0.714. The molecule has 3 nitrogen and oxygen atoms in total. The highest BCUT2D eigenvalue weighted by atomic mass is 32.2. The Bertz CT molecular complexity index is 779. The predicted octanol–water partition coefficient (Wildman–Crippen LogP) is 6.26. The van der Waals surface area contributed by atoms with Crippen LogP contribution in [0.1, 0.15) is 65.2 Å². The molecule has 3 aliphatic rings. The molecule has 0 aromatic rings. The SMILES string of the molecule is CCC1=CCC2C(CCCC=C1)CCC1C(OS(=O)(=O)C(F)(F)F)=CCC12C. The average Bonchev–Trinajstić information content (AvgIpc) is 2.94. The largest absolute Gasteiger partial charge is 0.534 e. The third-order valence-electron chi connectivity index (χ3n) is 6.93. The number of allylic oxidation sites excluding steroid dienone is 6. The maximum atomic E-state index is 12.8. The monoisotopic (exact) mass is 418 g/mol. The van der Waals surface area contributed by atoms with Gasteiger partial charge in [-0.05, 0) is 74.7 Å². The Balaban J connectivity index is 1.85. The summed E-state index contributed by atoms with van der Waals surface area (Å²) in [5.74, 6) is 0.539. The molecule has 0 N–H and O–H groups in total. The van der Waals surface area contributed by atoms with Crippen LogP contribution in [0.3, 0.4) is 0 Å². The van der Waals surface area contributed by atoms with Crippen molar-refractivity contribution in [2.24, 2.45) is 23.2 Å². The zero-order valence-corrected chi connectivity index (χ0v) is 17.3. The third kappa shape index (κ3) is 4.05. The van der Waals surface area contributed by atoms with Crippen molar-refractivity contribution in [2.45, 2.75) is 70.7 Å². The van der Waals surface area contributed by atoms with E-state index >= 15 is 0 Å². The minimum atomic E-state index is -5.61. The molecule has 4 unspecified atom stereocenters. The summed E-state index contributed by atoms with van der Waals surface area (Å²) in [6.45, 7) is 4.22. The van der Waals surface area contributed by atoms with Gasteiger partial charge in [0.05, 0.1) is 0 Å². The van der Waals surface area contributed by atoms with Gasteiger partial charge in [-0.2, -0.15) is 21.6 Å². The van der Waals surface area contributed by atoms with Gasteiger partial charge in [0, 0.05) is 5.92 Å². The van der Waals surface area contributed by atoms with E-state index in [1.807, 2.05) is 0 Å². The lowest BCUT2D eigenvalue weighted by Gasteiger charge is -2.49. The quantitative estimate of drug-likeness (QED) is 0.402. The molecule has 3 aliphatic carbocycles. The second kappa shape index (κ2) is 7.88. The summed E-state index contributed by atoms with van der Waals surface area (Å²) in [6, 6.07) is 0. The molecule has 4 atom stereocenters. The minimum Gasteiger partial charge on any atom is -0.381 e. The van der Waals surface area contributed by atoms with E-state index in [-0.39, 0.29) is 17.1 Å². The van der Waals surface area contributed by atoms with Crippen LogP contribution in [0.5, 0.6) is 0 Å². The van der Waals surface area contributed by atoms with Crippen molar-refractivity contribution in [1.29, 1.82) is 0 Å². The lowest BCUT2D eigenvalue weighted by molar-refractivity contribution is -0.0543. The zero-order valence-electron chi connectivity index (χ0n) is 16.5. The lowest BCUT2D eigenvalue weighted by atomic mass is 9.56. The molecule has 3 rings (SSSR count). The van der Waals surface area contributed by atoms with Crippen LogP contribution in [0.4, 0.5) is 13.2 Å². The van der Waals surface area contributed by atoms with E-state index in [0.717, 1.165) is 38.5 Å². The van der Waals surface area contributed by atoms with Crippen molar-refractivity contribution in [3.8, 4) is 0 Å². The van der Waals surface area contributed by atoms with Crippen LogP contribution in [-0.2, 0) is 14.3 Å². The van der Waals surface area contributed by atoms with Gasteiger partial charge in [-0.1, -0.05) is 37.6 Å². The van der Waals surface area contributed by atoms with Crippen molar-refractivity contribution in [3.05, 3.63) is 35.6 Å². The highest BCUT2D eigenvalue weighted by Crippen LogP contribution is 2.59. The topological polar surface area (TPSA) is 43.4 Å². The molecule has 0 heterocycles. The Labute approximate surface area is 165 Å². The summed E-state index contributed by atoms with van der Waals surface area (Å²) in [7, 11) is -5.61. The Morgan fingerprint density at radius 3 is 2.64 bits per heavy atom. The molecule has 1 fully saturated rings. The fourth-order valence-corrected chi connectivity index (χ4v) is 5.88. The van der Waals surface area contributed by atoms with Crippen LogP contribution in [0.15, 0.2) is 35.6 Å². The van der Waals surface area contributed by atoms with Crippen molar-refractivity contribution in [3.63, 3.8) is 0 Å². The van der Waals surface area contributed by atoms with Crippen molar-refractivity contribution < 1.29 is 25.8 Å². The molecule has 158 valence electrons. The first kappa shape index (κ1) is 21.5. The Morgan fingerprint density at radius 2 is 1.96 bits per heavy atom. The summed E-state index contributed by atoms with van der Waals surface area (Å²) in [5, 5.41) is 0. The van der Waals surface area contributed by atoms with Gasteiger partial charge in [-0.25, -0.2) is 0 Å². The molecule has 0 aromatic carbocycles. The van der Waals surface area contributed by atoms with E-state index in [1.165, 1.54) is 5.57 Å². The van der Waals surface area contributed by atoms with E-state index in [2.05, 4.69) is 36.3 Å². The predicted molar refractivity (Wildman–Crippen MR) is 103 cm³/mol. The molecule has 0 aliphatic heterocycles. The van der Waals surface area contributed by atoms with Crippen molar-refractivity contribution >= 4 is 10.1 Å². The summed E-state index contributed by atoms with van der Waals surface area (Å²) in [5.41, 5.74) is -4.38. The van der Waals surface area contributed by atoms with E-state index in [9.17, 15) is 21.6 Å². The van der Waals surface area contributed by atoms with Crippen LogP contribution in [0.2, 0.25) is 0 Å². The minimum absolute atomic E-state index is 0.00467. The molecule has 7 heteroatoms. The molecule has 28 heavy (non-hydrogen) atoms. The molecule has 0 spiro atoms. The smallest absolute Gasteiger partial charge is 0.381 e. The summed E-state index contributed by atoms with van der Waals surface area (Å²) >= 11 is 0. The highest BCUT2D eigenvalue weighted by Gasteiger charge is 2.55. The molecule has 0 radical (unpaired) electrons. The second-order valence-electron chi connectivity index (χ2n) is 8.50. The van der Waals surface area contributed by atoms with Crippen LogP contribution in [0, 0.1) is 23.2 Å². The summed E-state index contributed by atoms with van der Waals surface area (Å²) < 4.78 is 66.0. The average molecular weight is 419 g/mol. The van der Waals surface area contributed by atoms with E-state index in [1.54, 1.807) is 6.08 Å².